The predicted molar refractivity (Wildman–Crippen MR) is 115 cm³/mol. The Labute approximate surface area is 172 Å². The number of benzene rings is 1. The Balaban J connectivity index is 0.00000338. The van der Waals surface area contributed by atoms with Crippen molar-refractivity contribution in [2.45, 2.75) is 39.0 Å². The van der Waals surface area contributed by atoms with Crippen LogP contribution in [0.5, 0.6) is 0 Å². The van der Waals surface area contributed by atoms with E-state index in [0.29, 0.717) is 19.0 Å². The fraction of sp³-hybridized carbons (Fsp3) is 0.579. The summed E-state index contributed by atoms with van der Waals surface area (Å²) < 4.78 is 13.5. The van der Waals surface area contributed by atoms with Gasteiger partial charge in [0, 0.05) is 31.6 Å². The fourth-order valence-corrected chi connectivity index (χ4v) is 2.87. The van der Waals surface area contributed by atoms with Gasteiger partial charge in [-0.3, -0.25) is 4.79 Å². The third kappa shape index (κ3) is 6.74. The highest BCUT2D eigenvalue weighted by Crippen LogP contribution is 2.22. The lowest BCUT2D eigenvalue weighted by Crippen LogP contribution is -2.44. The lowest BCUT2D eigenvalue weighted by atomic mass is 9.84. The SMILES string of the molecule is CCNC(=NCC(=O)N1CCCC1)NCC(C)(C)c1cccc(F)c1.I. The van der Waals surface area contributed by atoms with Crippen molar-refractivity contribution in [1.29, 1.82) is 0 Å². The summed E-state index contributed by atoms with van der Waals surface area (Å²) in [6.07, 6.45) is 2.16. The van der Waals surface area contributed by atoms with Gasteiger partial charge in [0.2, 0.25) is 5.91 Å². The van der Waals surface area contributed by atoms with Gasteiger partial charge in [-0.15, -0.1) is 24.0 Å². The van der Waals surface area contributed by atoms with E-state index in [1.807, 2.05) is 31.7 Å². The summed E-state index contributed by atoms with van der Waals surface area (Å²) in [5.74, 6) is 0.445. The normalized spacial score (nSPS) is 14.8. The first kappa shape index (κ1) is 22.7. The maximum Gasteiger partial charge on any atom is 0.244 e. The molecule has 7 heteroatoms. The monoisotopic (exact) mass is 476 g/mol. The number of carbonyl (C=O) groups excluding carboxylic acids is 1. The zero-order valence-electron chi connectivity index (χ0n) is 15.8. The Bertz CT molecular complexity index is 615. The van der Waals surface area contributed by atoms with Crippen LogP contribution in [0.3, 0.4) is 0 Å². The van der Waals surface area contributed by atoms with Crippen LogP contribution in [0, 0.1) is 5.82 Å². The van der Waals surface area contributed by atoms with Crippen LogP contribution in [0.25, 0.3) is 0 Å². The number of aliphatic imine (C=N–C) groups is 1. The first-order valence-electron chi connectivity index (χ1n) is 8.98. The van der Waals surface area contributed by atoms with E-state index >= 15 is 0 Å². The summed E-state index contributed by atoms with van der Waals surface area (Å²) in [6.45, 7) is 9.20. The molecule has 1 aromatic carbocycles. The standard InChI is InChI=1S/C19H29FN4O.HI/c1-4-21-18(22-13-17(25)24-10-5-6-11-24)23-14-19(2,3)15-8-7-9-16(20)12-15;/h7-9,12H,4-6,10-11,13-14H2,1-3H3,(H2,21,22,23);1H. The van der Waals surface area contributed by atoms with Crippen LogP contribution in [-0.4, -0.2) is 49.5 Å². The Morgan fingerprint density at radius 2 is 1.96 bits per heavy atom. The van der Waals surface area contributed by atoms with Crippen LogP contribution in [0.2, 0.25) is 0 Å². The van der Waals surface area contributed by atoms with E-state index in [1.165, 1.54) is 6.07 Å². The summed E-state index contributed by atoms with van der Waals surface area (Å²) in [5, 5.41) is 6.43. The highest BCUT2D eigenvalue weighted by molar-refractivity contribution is 14.0. The molecule has 1 heterocycles. The average Bonchev–Trinajstić information content (AvgIpc) is 3.12. The molecule has 0 saturated carbocycles. The number of nitrogens with one attached hydrogen (secondary N) is 2. The zero-order valence-corrected chi connectivity index (χ0v) is 18.2. The third-order valence-corrected chi connectivity index (χ3v) is 4.48. The van der Waals surface area contributed by atoms with Crippen molar-refractivity contribution in [1.82, 2.24) is 15.5 Å². The van der Waals surface area contributed by atoms with Gasteiger partial charge in [0.15, 0.2) is 5.96 Å². The summed E-state index contributed by atoms with van der Waals surface area (Å²) in [6, 6.07) is 6.65. The van der Waals surface area contributed by atoms with Gasteiger partial charge in [-0.2, -0.15) is 0 Å². The van der Waals surface area contributed by atoms with Gasteiger partial charge in [-0.25, -0.2) is 9.38 Å². The molecule has 1 saturated heterocycles. The molecule has 0 atom stereocenters. The molecule has 0 radical (unpaired) electrons. The molecule has 0 unspecified atom stereocenters. The van der Waals surface area contributed by atoms with Crippen molar-refractivity contribution < 1.29 is 9.18 Å². The summed E-state index contributed by atoms with van der Waals surface area (Å²) >= 11 is 0. The number of nitrogens with zero attached hydrogens (tertiary/aromatic N) is 2. The van der Waals surface area contributed by atoms with E-state index in [1.54, 1.807) is 12.1 Å². The Morgan fingerprint density at radius 1 is 1.27 bits per heavy atom. The number of halogens is 2. The molecule has 1 fully saturated rings. The number of carbonyl (C=O) groups is 1. The molecule has 0 aliphatic carbocycles. The van der Waals surface area contributed by atoms with E-state index < -0.39 is 0 Å². The van der Waals surface area contributed by atoms with Crippen LogP contribution in [0.4, 0.5) is 4.39 Å². The molecule has 1 aromatic rings. The fourth-order valence-electron chi connectivity index (χ4n) is 2.87. The second kappa shape index (κ2) is 10.7. The van der Waals surface area contributed by atoms with Gasteiger partial charge in [0.1, 0.15) is 12.4 Å². The van der Waals surface area contributed by atoms with Crippen molar-refractivity contribution in [3.63, 3.8) is 0 Å². The van der Waals surface area contributed by atoms with E-state index in [0.717, 1.165) is 31.5 Å². The third-order valence-electron chi connectivity index (χ3n) is 4.48. The van der Waals surface area contributed by atoms with Crippen LogP contribution < -0.4 is 10.6 Å². The second-order valence-corrected chi connectivity index (χ2v) is 7.03. The van der Waals surface area contributed by atoms with E-state index in [9.17, 15) is 9.18 Å². The molecule has 26 heavy (non-hydrogen) atoms. The Hall–Kier alpha value is -1.38. The first-order chi connectivity index (χ1) is 11.9. The van der Waals surface area contributed by atoms with E-state index in [4.69, 9.17) is 0 Å². The minimum Gasteiger partial charge on any atom is -0.357 e. The van der Waals surface area contributed by atoms with Gasteiger partial charge in [-0.05, 0) is 37.5 Å². The van der Waals surface area contributed by atoms with Gasteiger partial charge in [0.05, 0.1) is 0 Å². The number of likely N-dealkylation sites (tertiary alicyclic amines) is 1. The van der Waals surface area contributed by atoms with Crippen molar-refractivity contribution >= 4 is 35.8 Å². The van der Waals surface area contributed by atoms with Crippen molar-refractivity contribution in [2.75, 3.05) is 32.7 Å². The Morgan fingerprint density at radius 3 is 2.58 bits per heavy atom. The van der Waals surface area contributed by atoms with Crippen LogP contribution in [-0.2, 0) is 10.2 Å². The molecule has 1 amide bonds. The maximum absolute atomic E-state index is 13.5. The molecule has 0 aromatic heterocycles. The lowest BCUT2D eigenvalue weighted by molar-refractivity contribution is -0.128. The number of hydrogen-bond acceptors (Lipinski definition) is 2. The number of rotatable bonds is 6. The van der Waals surface area contributed by atoms with Crippen LogP contribution in [0.15, 0.2) is 29.3 Å². The number of amides is 1. The predicted octanol–water partition coefficient (Wildman–Crippen LogP) is 2.90. The van der Waals surface area contributed by atoms with Gasteiger partial charge < -0.3 is 15.5 Å². The van der Waals surface area contributed by atoms with Crippen molar-refractivity contribution in [3.8, 4) is 0 Å². The highest BCUT2D eigenvalue weighted by Gasteiger charge is 2.22. The molecule has 1 aliphatic rings. The molecule has 2 N–H and O–H groups in total. The summed E-state index contributed by atoms with van der Waals surface area (Å²) in [7, 11) is 0. The lowest BCUT2D eigenvalue weighted by Gasteiger charge is -2.27. The summed E-state index contributed by atoms with van der Waals surface area (Å²) in [4.78, 5) is 18.4. The minimum absolute atomic E-state index is 0. The average molecular weight is 476 g/mol. The quantitative estimate of drug-likeness (QED) is 0.377. The van der Waals surface area contributed by atoms with Crippen molar-refractivity contribution in [3.05, 3.63) is 35.6 Å². The first-order valence-corrected chi connectivity index (χ1v) is 8.98. The smallest absolute Gasteiger partial charge is 0.244 e. The van der Waals surface area contributed by atoms with Gasteiger partial charge in [0.25, 0.3) is 0 Å². The summed E-state index contributed by atoms with van der Waals surface area (Å²) in [5.41, 5.74) is 0.654. The topological polar surface area (TPSA) is 56.7 Å². The zero-order chi connectivity index (χ0) is 18.3. The minimum atomic E-state index is -0.267. The van der Waals surface area contributed by atoms with Gasteiger partial charge in [-0.1, -0.05) is 26.0 Å². The highest BCUT2D eigenvalue weighted by atomic mass is 127. The van der Waals surface area contributed by atoms with E-state index in [2.05, 4.69) is 15.6 Å². The second-order valence-electron chi connectivity index (χ2n) is 7.03. The molecular weight excluding hydrogens is 446 g/mol. The molecular formula is C19H30FIN4O. The molecule has 5 nitrogen and oxygen atoms in total. The molecule has 0 bridgehead atoms. The van der Waals surface area contributed by atoms with Gasteiger partial charge >= 0.3 is 0 Å². The number of hydrogen-bond donors (Lipinski definition) is 2. The molecule has 0 spiro atoms. The van der Waals surface area contributed by atoms with E-state index in [-0.39, 0.29) is 47.7 Å². The van der Waals surface area contributed by atoms with Crippen LogP contribution in [0.1, 0.15) is 39.2 Å². The maximum atomic E-state index is 13.5. The van der Waals surface area contributed by atoms with Crippen LogP contribution >= 0.6 is 24.0 Å². The molecule has 146 valence electrons. The number of guanidine groups is 1. The van der Waals surface area contributed by atoms with Crippen molar-refractivity contribution in [2.24, 2.45) is 4.99 Å². The molecule has 1 aliphatic heterocycles. The molecule has 2 rings (SSSR count). The Kier molecular flexibility index (Phi) is 9.32. The largest absolute Gasteiger partial charge is 0.357 e.